The molecule has 0 atom stereocenters. The van der Waals surface area contributed by atoms with Crippen LogP contribution < -0.4 is 5.73 Å². The monoisotopic (exact) mass is 186 g/mol. The highest BCUT2D eigenvalue weighted by Gasteiger charge is 2.06. The van der Waals surface area contributed by atoms with Crippen LogP contribution in [-0.2, 0) is 0 Å². The molecule has 1 saturated heterocycles. The standard InChI is InChI=1S/C9H18N2S/c10-4-1-2-5-11-6-3-8-12-9-7-11/h1-2H,3-10H2/b2-1+. The van der Waals surface area contributed by atoms with Crippen LogP contribution in [0, 0.1) is 0 Å². The lowest BCUT2D eigenvalue weighted by Crippen LogP contribution is -2.26. The molecular weight excluding hydrogens is 168 g/mol. The molecule has 0 aromatic heterocycles. The molecule has 70 valence electrons. The number of rotatable bonds is 3. The maximum Gasteiger partial charge on any atom is 0.0164 e. The van der Waals surface area contributed by atoms with E-state index in [2.05, 4.69) is 22.7 Å². The van der Waals surface area contributed by atoms with Crippen molar-refractivity contribution in [2.75, 3.05) is 37.7 Å². The summed E-state index contributed by atoms with van der Waals surface area (Å²) in [5.74, 6) is 2.62. The van der Waals surface area contributed by atoms with Gasteiger partial charge in [0, 0.05) is 25.4 Å². The van der Waals surface area contributed by atoms with Crippen molar-refractivity contribution in [1.82, 2.24) is 4.90 Å². The van der Waals surface area contributed by atoms with Crippen LogP contribution in [-0.4, -0.2) is 42.6 Å². The fourth-order valence-corrected chi connectivity index (χ4v) is 2.22. The zero-order valence-corrected chi connectivity index (χ0v) is 8.35. The van der Waals surface area contributed by atoms with Crippen molar-refractivity contribution in [1.29, 1.82) is 0 Å². The first-order valence-electron chi connectivity index (χ1n) is 4.58. The maximum absolute atomic E-state index is 5.37. The van der Waals surface area contributed by atoms with E-state index in [0.29, 0.717) is 6.54 Å². The Morgan fingerprint density at radius 1 is 1.25 bits per heavy atom. The molecule has 0 radical (unpaired) electrons. The zero-order valence-electron chi connectivity index (χ0n) is 7.54. The van der Waals surface area contributed by atoms with E-state index < -0.39 is 0 Å². The van der Waals surface area contributed by atoms with Crippen molar-refractivity contribution < 1.29 is 0 Å². The van der Waals surface area contributed by atoms with Gasteiger partial charge in [0.15, 0.2) is 0 Å². The summed E-state index contributed by atoms with van der Waals surface area (Å²) in [7, 11) is 0. The molecule has 2 N–H and O–H groups in total. The molecule has 0 aromatic carbocycles. The van der Waals surface area contributed by atoms with Gasteiger partial charge in [-0.15, -0.1) is 0 Å². The number of hydrogen-bond donors (Lipinski definition) is 1. The molecule has 3 heteroatoms. The fourth-order valence-electron chi connectivity index (χ4n) is 1.30. The molecule has 0 unspecified atom stereocenters. The van der Waals surface area contributed by atoms with Gasteiger partial charge in [0.25, 0.3) is 0 Å². The van der Waals surface area contributed by atoms with Crippen molar-refractivity contribution in [2.45, 2.75) is 6.42 Å². The Morgan fingerprint density at radius 3 is 3.00 bits per heavy atom. The molecule has 2 nitrogen and oxygen atoms in total. The van der Waals surface area contributed by atoms with Crippen LogP contribution >= 0.6 is 11.8 Å². The van der Waals surface area contributed by atoms with Gasteiger partial charge in [-0.3, -0.25) is 4.90 Å². The number of thioether (sulfide) groups is 1. The van der Waals surface area contributed by atoms with Gasteiger partial charge in [0.05, 0.1) is 0 Å². The Kier molecular flexibility index (Phi) is 5.48. The van der Waals surface area contributed by atoms with Crippen LogP contribution in [0.3, 0.4) is 0 Å². The molecule has 0 spiro atoms. The predicted octanol–water partition coefficient (Wildman–Crippen LogP) is 0.940. The van der Waals surface area contributed by atoms with E-state index in [4.69, 9.17) is 5.73 Å². The van der Waals surface area contributed by atoms with Crippen LogP contribution in [0.2, 0.25) is 0 Å². The third kappa shape index (κ3) is 4.14. The molecule has 1 heterocycles. The molecule has 0 saturated carbocycles. The molecule has 12 heavy (non-hydrogen) atoms. The normalized spacial score (nSPS) is 21.4. The van der Waals surface area contributed by atoms with Crippen LogP contribution in [0.4, 0.5) is 0 Å². The summed E-state index contributed by atoms with van der Waals surface area (Å²) < 4.78 is 0. The van der Waals surface area contributed by atoms with E-state index in [1.807, 2.05) is 6.08 Å². The molecule has 0 amide bonds. The van der Waals surface area contributed by atoms with Crippen LogP contribution in [0.15, 0.2) is 12.2 Å². The average molecular weight is 186 g/mol. The van der Waals surface area contributed by atoms with Gasteiger partial charge in [-0.05, 0) is 18.7 Å². The first kappa shape index (κ1) is 10.1. The molecule has 0 bridgehead atoms. The average Bonchev–Trinajstić information content (AvgIpc) is 2.33. The minimum atomic E-state index is 0.669. The van der Waals surface area contributed by atoms with E-state index >= 15 is 0 Å². The summed E-state index contributed by atoms with van der Waals surface area (Å²) in [6.07, 6.45) is 5.55. The van der Waals surface area contributed by atoms with Crippen molar-refractivity contribution >= 4 is 11.8 Å². The summed E-state index contributed by atoms with van der Waals surface area (Å²) in [6, 6.07) is 0. The molecule has 1 aliphatic rings. The van der Waals surface area contributed by atoms with Gasteiger partial charge < -0.3 is 5.73 Å². The van der Waals surface area contributed by atoms with E-state index in [9.17, 15) is 0 Å². The fraction of sp³-hybridized carbons (Fsp3) is 0.778. The second-order valence-corrected chi connectivity index (χ2v) is 4.20. The summed E-state index contributed by atoms with van der Waals surface area (Å²) in [5.41, 5.74) is 5.37. The highest BCUT2D eigenvalue weighted by Crippen LogP contribution is 2.09. The van der Waals surface area contributed by atoms with Gasteiger partial charge in [-0.1, -0.05) is 12.2 Å². The van der Waals surface area contributed by atoms with E-state index in [-0.39, 0.29) is 0 Å². The Hall–Kier alpha value is 0.01000. The van der Waals surface area contributed by atoms with Gasteiger partial charge in [-0.2, -0.15) is 11.8 Å². The highest BCUT2D eigenvalue weighted by atomic mass is 32.2. The Bertz CT molecular complexity index is 128. The minimum absolute atomic E-state index is 0.669. The third-order valence-corrected chi connectivity index (χ3v) is 3.03. The number of hydrogen-bond acceptors (Lipinski definition) is 3. The molecule has 1 aliphatic heterocycles. The maximum atomic E-state index is 5.37. The molecule has 1 rings (SSSR count). The predicted molar refractivity (Wildman–Crippen MR) is 56.6 cm³/mol. The second-order valence-electron chi connectivity index (χ2n) is 2.97. The smallest absolute Gasteiger partial charge is 0.0164 e. The SMILES string of the molecule is NC/C=C/CN1CCCSCC1. The van der Waals surface area contributed by atoms with Gasteiger partial charge >= 0.3 is 0 Å². The van der Waals surface area contributed by atoms with E-state index in [1.54, 1.807) is 0 Å². The van der Waals surface area contributed by atoms with Gasteiger partial charge in [0.2, 0.25) is 0 Å². The number of nitrogens with zero attached hydrogens (tertiary/aromatic N) is 1. The van der Waals surface area contributed by atoms with Gasteiger partial charge in [-0.25, -0.2) is 0 Å². The lowest BCUT2D eigenvalue weighted by Gasteiger charge is -2.16. The lowest BCUT2D eigenvalue weighted by atomic mass is 10.4. The van der Waals surface area contributed by atoms with E-state index in [1.165, 1.54) is 31.0 Å². The van der Waals surface area contributed by atoms with Gasteiger partial charge in [0.1, 0.15) is 0 Å². The third-order valence-electron chi connectivity index (χ3n) is 1.98. The topological polar surface area (TPSA) is 29.3 Å². The summed E-state index contributed by atoms with van der Waals surface area (Å²) >= 11 is 2.07. The summed E-state index contributed by atoms with van der Waals surface area (Å²) in [5, 5.41) is 0. The molecule has 0 aromatic rings. The summed E-state index contributed by atoms with van der Waals surface area (Å²) in [6.45, 7) is 4.24. The first-order valence-corrected chi connectivity index (χ1v) is 5.74. The Labute approximate surface area is 79.2 Å². The largest absolute Gasteiger partial charge is 0.327 e. The van der Waals surface area contributed by atoms with Crippen molar-refractivity contribution in [3.63, 3.8) is 0 Å². The van der Waals surface area contributed by atoms with E-state index in [0.717, 1.165) is 6.54 Å². The molecular formula is C9H18N2S. The Balaban J connectivity index is 2.16. The lowest BCUT2D eigenvalue weighted by molar-refractivity contribution is 0.327. The zero-order chi connectivity index (χ0) is 8.65. The van der Waals surface area contributed by atoms with Crippen LogP contribution in [0.25, 0.3) is 0 Å². The molecule has 0 aliphatic carbocycles. The first-order chi connectivity index (χ1) is 5.93. The van der Waals surface area contributed by atoms with Crippen molar-refractivity contribution in [3.8, 4) is 0 Å². The summed E-state index contributed by atoms with van der Waals surface area (Å²) in [4.78, 5) is 2.49. The number of nitrogens with two attached hydrogens (primary N) is 1. The van der Waals surface area contributed by atoms with Crippen molar-refractivity contribution in [3.05, 3.63) is 12.2 Å². The quantitative estimate of drug-likeness (QED) is 0.665. The second kappa shape index (κ2) is 6.52. The highest BCUT2D eigenvalue weighted by molar-refractivity contribution is 7.99. The van der Waals surface area contributed by atoms with Crippen LogP contribution in [0.1, 0.15) is 6.42 Å². The Morgan fingerprint density at radius 2 is 2.17 bits per heavy atom. The van der Waals surface area contributed by atoms with Crippen molar-refractivity contribution in [2.24, 2.45) is 5.73 Å². The minimum Gasteiger partial charge on any atom is -0.327 e. The van der Waals surface area contributed by atoms with Crippen LogP contribution in [0.5, 0.6) is 0 Å². The molecule has 1 fully saturated rings.